The summed E-state index contributed by atoms with van der Waals surface area (Å²) in [4.78, 5) is 30.6. The average Bonchev–Trinajstić information content (AvgIpc) is 4.12. The molecule has 14 heteroatoms. The van der Waals surface area contributed by atoms with E-state index in [1.165, 1.54) is 0 Å². The van der Waals surface area contributed by atoms with Crippen LogP contribution < -0.4 is 20.1 Å². The van der Waals surface area contributed by atoms with E-state index in [0.717, 1.165) is 55.6 Å². The Bertz CT molecular complexity index is 3670. The van der Waals surface area contributed by atoms with E-state index < -0.39 is 34.5 Å². The Morgan fingerprint density at radius 3 is 1.88 bits per heavy atom. The van der Waals surface area contributed by atoms with Crippen LogP contribution in [0.5, 0.6) is 11.6 Å². The van der Waals surface area contributed by atoms with Crippen LogP contribution in [0.15, 0.2) is 170 Å². The van der Waals surface area contributed by atoms with Crippen LogP contribution in [-0.2, 0) is 25.7 Å². The Labute approximate surface area is 472 Å². The van der Waals surface area contributed by atoms with E-state index in [1.54, 1.807) is 7.11 Å². The first-order chi connectivity index (χ1) is 38.3. The molecule has 3 heterocycles. The van der Waals surface area contributed by atoms with Crippen LogP contribution in [0.3, 0.4) is 0 Å². The van der Waals surface area contributed by atoms with Gasteiger partial charge in [-0.05, 0) is 87.8 Å². The summed E-state index contributed by atoms with van der Waals surface area (Å²) in [6.07, 6.45) is -0.927. The molecule has 3 atom stereocenters. The average molecular weight is 1100 g/mol. The zero-order valence-corrected chi connectivity index (χ0v) is 49.8. The topological polar surface area (TPSA) is 131 Å². The van der Waals surface area contributed by atoms with Gasteiger partial charge < -0.3 is 33.7 Å². The molecule has 0 amide bonds. The second kappa shape index (κ2) is 21.2. The predicted octanol–water partition coefficient (Wildman–Crippen LogP) is 15.6. The molecule has 0 radical (unpaired) electrons. The fourth-order valence-electron chi connectivity index (χ4n) is 10.6. The fraction of sp³-hybridized carbons (Fsp3) is 0.303. The number of imidazole rings is 1. The summed E-state index contributed by atoms with van der Waals surface area (Å²) in [6.45, 7) is 23.3. The van der Waals surface area contributed by atoms with E-state index in [2.05, 4.69) is 138 Å². The SMILES string of the molecule is COc1ccc(C(Nc2nc(OCc3ccccc3)c3nc(Nc4ccc5c6c(cccc46)C(=O)c4ccccc4-5)n([C@H]4C[C@H](O[Si](C)(C)C(C)(C)C)[C@@H](CO[Si](C)(C)C(C)(C)C)O4)c3n2)(c2ccccc2)c2ccccc2)cc1. The summed E-state index contributed by atoms with van der Waals surface area (Å²) in [6, 6.07) is 56.8. The molecular weight excluding hydrogens is 1030 g/mol. The lowest BCUT2D eigenvalue weighted by Crippen LogP contribution is -2.48. The van der Waals surface area contributed by atoms with Gasteiger partial charge in [0.1, 0.15) is 30.2 Å². The van der Waals surface area contributed by atoms with Gasteiger partial charge in [-0.15, -0.1) is 0 Å². The number of benzene rings is 7. The van der Waals surface area contributed by atoms with Gasteiger partial charge >= 0.3 is 0 Å². The number of nitrogens with zero attached hydrogens (tertiary/aromatic N) is 4. The van der Waals surface area contributed by atoms with Crippen LogP contribution in [0.25, 0.3) is 33.1 Å². The predicted molar refractivity (Wildman–Crippen MR) is 325 cm³/mol. The van der Waals surface area contributed by atoms with Crippen LogP contribution in [-0.4, -0.2) is 67.9 Å². The molecular formula is C66H72N6O6Si2. The van der Waals surface area contributed by atoms with Crippen LogP contribution in [0.1, 0.15) is 92.4 Å². The molecule has 1 saturated heterocycles. The monoisotopic (exact) mass is 1100 g/mol. The first kappa shape index (κ1) is 54.5. The minimum atomic E-state index is -2.38. The molecule has 11 rings (SSSR count). The summed E-state index contributed by atoms with van der Waals surface area (Å²) in [5.74, 6) is 1.74. The van der Waals surface area contributed by atoms with Gasteiger partial charge in [0.05, 0.1) is 19.8 Å². The summed E-state index contributed by atoms with van der Waals surface area (Å²) in [5, 5.41) is 9.41. The highest BCUT2D eigenvalue weighted by Gasteiger charge is 2.48. The zero-order valence-electron chi connectivity index (χ0n) is 47.8. The number of anilines is 3. The van der Waals surface area contributed by atoms with Crippen LogP contribution >= 0.6 is 0 Å². The van der Waals surface area contributed by atoms with Crippen molar-refractivity contribution in [1.29, 1.82) is 0 Å². The van der Waals surface area contributed by atoms with Crippen molar-refractivity contribution in [3.8, 4) is 22.8 Å². The van der Waals surface area contributed by atoms with Gasteiger partial charge in [0, 0.05) is 34.0 Å². The van der Waals surface area contributed by atoms with E-state index in [4.69, 9.17) is 38.0 Å². The maximum absolute atomic E-state index is 14.2. The highest BCUT2D eigenvalue weighted by atomic mass is 28.4. The minimum absolute atomic E-state index is 0.00610. The molecule has 1 aliphatic carbocycles. The van der Waals surface area contributed by atoms with E-state index in [0.29, 0.717) is 47.2 Å². The van der Waals surface area contributed by atoms with Crippen LogP contribution in [0, 0.1) is 0 Å². The molecule has 1 aliphatic heterocycles. The molecule has 0 spiro atoms. The second-order valence-corrected chi connectivity index (χ2v) is 33.7. The van der Waals surface area contributed by atoms with Crippen molar-refractivity contribution in [2.75, 3.05) is 24.4 Å². The van der Waals surface area contributed by atoms with Crippen LogP contribution in [0.2, 0.25) is 36.3 Å². The maximum Gasteiger partial charge on any atom is 0.247 e. The van der Waals surface area contributed by atoms with E-state index in [1.807, 2.05) is 115 Å². The number of carbonyl (C=O) groups is 1. The van der Waals surface area contributed by atoms with E-state index >= 15 is 0 Å². The molecule has 2 N–H and O–H groups in total. The Morgan fingerprint density at radius 2 is 1.24 bits per heavy atom. The van der Waals surface area contributed by atoms with Crippen molar-refractivity contribution < 1.29 is 27.9 Å². The van der Waals surface area contributed by atoms with Crippen LogP contribution in [0.4, 0.5) is 17.6 Å². The number of ether oxygens (including phenoxy) is 3. The lowest BCUT2D eigenvalue weighted by molar-refractivity contribution is -0.0376. The largest absolute Gasteiger partial charge is 0.497 e. The lowest BCUT2D eigenvalue weighted by Gasteiger charge is -2.40. The van der Waals surface area contributed by atoms with Crippen molar-refractivity contribution >= 4 is 61.9 Å². The van der Waals surface area contributed by atoms with Gasteiger partial charge in [0.15, 0.2) is 33.6 Å². The first-order valence-corrected chi connectivity index (χ1v) is 33.5. The Morgan fingerprint density at radius 1 is 0.637 bits per heavy atom. The molecule has 80 heavy (non-hydrogen) atoms. The van der Waals surface area contributed by atoms with Gasteiger partial charge in [0.25, 0.3) is 0 Å². The molecule has 9 aromatic rings. The molecule has 2 aliphatic rings. The van der Waals surface area contributed by atoms with Crippen molar-refractivity contribution in [1.82, 2.24) is 19.5 Å². The first-order valence-electron chi connectivity index (χ1n) is 27.7. The highest BCUT2D eigenvalue weighted by Crippen LogP contribution is 2.48. The molecule has 0 bridgehead atoms. The quantitative estimate of drug-likeness (QED) is 0.0667. The Hall–Kier alpha value is -7.47. The fourth-order valence-corrected chi connectivity index (χ4v) is 13.0. The maximum atomic E-state index is 14.2. The zero-order chi connectivity index (χ0) is 56.2. The number of methoxy groups -OCH3 is 1. The lowest BCUT2D eigenvalue weighted by atomic mass is 9.77. The number of fused-ring (bicyclic) bond motifs is 3. The van der Waals surface area contributed by atoms with Gasteiger partial charge in [-0.25, -0.2) is 4.98 Å². The standard InChI is InChI=1S/C66H72N6O6Si2/c1-64(2,3)79(8,9)76-42-55-54(78-80(10,11)65(4,5)6)40-56(77-55)72-60-58(68-63(72)67-53-39-38-49-48-30-21-22-31-50(48)59(73)52-33-23-32-51(53)57(49)52)61(75-41-43-24-15-12-16-25-43)70-62(69-60)71-66(44-26-17-13-18-27-44,45-28-19-14-20-29-45)46-34-36-47(74-7)37-35-46/h12-39,54-56H,40-42H2,1-11H3,(H,67,68)(H,69,70,71)/t54-,55+,56+/m0/s1. The minimum Gasteiger partial charge on any atom is -0.497 e. The molecule has 2 aromatic heterocycles. The van der Waals surface area contributed by atoms with Crippen molar-refractivity contribution in [3.63, 3.8) is 0 Å². The summed E-state index contributed by atoms with van der Waals surface area (Å²) in [5.41, 5.74) is 7.68. The number of hydrogen-bond donors (Lipinski definition) is 2. The van der Waals surface area contributed by atoms with Crippen molar-refractivity contribution in [2.45, 2.75) is 115 Å². The molecule has 7 aromatic carbocycles. The number of carbonyl (C=O) groups excluding carboxylic acids is 1. The Balaban J connectivity index is 1.14. The summed E-state index contributed by atoms with van der Waals surface area (Å²) < 4.78 is 36.5. The third-order valence-electron chi connectivity index (χ3n) is 17.1. The highest BCUT2D eigenvalue weighted by molar-refractivity contribution is 6.74. The number of ketones is 1. The third-order valence-corrected chi connectivity index (χ3v) is 26.1. The smallest absolute Gasteiger partial charge is 0.247 e. The molecule has 410 valence electrons. The van der Waals surface area contributed by atoms with Gasteiger partial charge in [-0.1, -0.05) is 193 Å². The van der Waals surface area contributed by atoms with Gasteiger partial charge in [0.2, 0.25) is 17.8 Å². The number of aromatic nitrogens is 4. The number of hydrogen-bond acceptors (Lipinski definition) is 11. The normalized spacial score (nSPS) is 16.7. The molecule has 12 nitrogen and oxygen atoms in total. The van der Waals surface area contributed by atoms with Crippen molar-refractivity contribution in [3.05, 3.63) is 203 Å². The number of rotatable bonds is 17. The summed E-state index contributed by atoms with van der Waals surface area (Å²) >= 11 is 0. The molecule has 0 unspecified atom stereocenters. The van der Waals surface area contributed by atoms with E-state index in [-0.39, 0.29) is 34.5 Å². The Kier molecular flexibility index (Phi) is 14.4. The van der Waals surface area contributed by atoms with Gasteiger partial charge in [-0.3, -0.25) is 9.36 Å². The second-order valence-electron chi connectivity index (χ2n) is 24.2. The van der Waals surface area contributed by atoms with E-state index in [9.17, 15) is 4.79 Å². The third kappa shape index (κ3) is 10.1. The number of nitrogens with one attached hydrogen (secondary N) is 2. The van der Waals surface area contributed by atoms with Crippen molar-refractivity contribution in [2.24, 2.45) is 0 Å². The molecule has 0 saturated carbocycles. The molecule has 1 fully saturated rings. The van der Waals surface area contributed by atoms with Gasteiger partial charge in [-0.2, -0.15) is 9.97 Å². The summed E-state index contributed by atoms with van der Waals surface area (Å²) in [7, 11) is -2.96.